The van der Waals surface area contributed by atoms with Gasteiger partial charge in [0.2, 0.25) is 5.82 Å². The van der Waals surface area contributed by atoms with Gasteiger partial charge in [-0.3, -0.25) is 4.79 Å². The number of benzene rings is 2. The highest BCUT2D eigenvalue weighted by atomic mass is 16.5. The zero-order valence-corrected chi connectivity index (χ0v) is 20.0. The Labute approximate surface area is 208 Å². The molecule has 3 heterocycles. The van der Waals surface area contributed by atoms with Gasteiger partial charge >= 0.3 is 6.01 Å². The number of ether oxygens (including phenoxy) is 1. The molecule has 1 aliphatic carbocycles. The summed E-state index contributed by atoms with van der Waals surface area (Å²) in [5.74, 6) is 2.12. The number of rotatable bonds is 7. The molecule has 184 valence electrons. The third kappa shape index (κ3) is 4.44. The van der Waals surface area contributed by atoms with E-state index in [9.17, 15) is 4.79 Å². The molecule has 0 unspecified atom stereocenters. The Hall–Kier alpha value is -4.14. The van der Waals surface area contributed by atoms with E-state index in [2.05, 4.69) is 24.9 Å². The van der Waals surface area contributed by atoms with Crippen LogP contribution in [0.3, 0.4) is 0 Å². The van der Waals surface area contributed by atoms with E-state index in [1.54, 1.807) is 13.3 Å². The van der Waals surface area contributed by atoms with Crippen molar-refractivity contribution in [2.45, 2.75) is 37.8 Å². The van der Waals surface area contributed by atoms with Crippen LogP contribution in [0, 0.1) is 0 Å². The molecule has 0 spiro atoms. The van der Waals surface area contributed by atoms with Crippen LogP contribution in [0.1, 0.15) is 36.0 Å². The predicted molar refractivity (Wildman–Crippen MR) is 133 cm³/mol. The summed E-state index contributed by atoms with van der Waals surface area (Å²) in [4.78, 5) is 26.3. The van der Waals surface area contributed by atoms with Gasteiger partial charge in [-0.25, -0.2) is 4.98 Å². The van der Waals surface area contributed by atoms with Crippen molar-refractivity contribution in [2.75, 3.05) is 25.1 Å². The number of hydrogen-bond acceptors (Lipinski definition) is 8. The Morgan fingerprint density at radius 1 is 0.972 bits per heavy atom. The number of oxazole rings is 1. The highest BCUT2D eigenvalue weighted by molar-refractivity contribution is 5.95. The molecule has 2 aromatic carbocycles. The van der Waals surface area contributed by atoms with Gasteiger partial charge in [-0.1, -0.05) is 17.3 Å². The van der Waals surface area contributed by atoms with Crippen LogP contribution in [0.5, 0.6) is 5.75 Å². The molecule has 2 aromatic heterocycles. The maximum atomic E-state index is 13.5. The standard InChI is InChI=1S/C27H27N5O4/c1-34-23-10-6-19(7-11-23)25-29-27(36-30-25)31-14-12-22(13-15-31)32(21-8-9-21)26(33)20-4-2-18(3-5-20)24-16-28-17-35-24/h2-7,10-11,16-17,21-22H,8-9,12-15H2,1H3. The molecule has 1 aliphatic heterocycles. The number of carbonyl (C=O) groups is 1. The highest BCUT2D eigenvalue weighted by Crippen LogP contribution is 2.34. The maximum Gasteiger partial charge on any atom is 0.324 e. The predicted octanol–water partition coefficient (Wildman–Crippen LogP) is 4.67. The monoisotopic (exact) mass is 485 g/mol. The summed E-state index contributed by atoms with van der Waals surface area (Å²) in [7, 11) is 1.64. The molecule has 36 heavy (non-hydrogen) atoms. The first-order valence-electron chi connectivity index (χ1n) is 12.2. The van der Waals surface area contributed by atoms with Crippen LogP contribution in [0.25, 0.3) is 22.7 Å². The van der Waals surface area contributed by atoms with E-state index in [0.717, 1.165) is 55.6 Å². The lowest BCUT2D eigenvalue weighted by Gasteiger charge is -2.38. The molecule has 2 fully saturated rings. The first-order valence-corrected chi connectivity index (χ1v) is 12.2. The Morgan fingerprint density at radius 2 is 1.67 bits per heavy atom. The van der Waals surface area contributed by atoms with Gasteiger partial charge in [-0.05, 0) is 62.1 Å². The minimum atomic E-state index is 0.0969. The maximum absolute atomic E-state index is 13.5. The molecule has 9 heteroatoms. The van der Waals surface area contributed by atoms with Crippen molar-refractivity contribution in [3.8, 4) is 28.5 Å². The van der Waals surface area contributed by atoms with Crippen molar-refractivity contribution in [1.29, 1.82) is 0 Å². The fourth-order valence-corrected chi connectivity index (χ4v) is 4.80. The summed E-state index contributed by atoms with van der Waals surface area (Å²) in [6.07, 6.45) is 6.93. The summed E-state index contributed by atoms with van der Waals surface area (Å²) < 4.78 is 16.1. The summed E-state index contributed by atoms with van der Waals surface area (Å²) in [6, 6.07) is 16.2. The second-order valence-electron chi connectivity index (χ2n) is 9.23. The summed E-state index contributed by atoms with van der Waals surface area (Å²) >= 11 is 0. The fraction of sp³-hybridized carbons (Fsp3) is 0.333. The van der Waals surface area contributed by atoms with Gasteiger partial charge in [0, 0.05) is 41.9 Å². The van der Waals surface area contributed by atoms with Gasteiger partial charge in [0.1, 0.15) is 5.75 Å². The number of anilines is 1. The number of methoxy groups -OCH3 is 1. The molecule has 1 saturated heterocycles. The average molecular weight is 486 g/mol. The Morgan fingerprint density at radius 3 is 2.31 bits per heavy atom. The van der Waals surface area contributed by atoms with Crippen molar-refractivity contribution < 1.29 is 18.5 Å². The Bertz CT molecular complexity index is 1310. The molecular formula is C27H27N5O4. The number of amides is 1. The molecule has 6 rings (SSSR count). The van der Waals surface area contributed by atoms with Crippen LogP contribution in [-0.4, -0.2) is 58.2 Å². The van der Waals surface area contributed by atoms with Gasteiger partial charge in [-0.15, -0.1) is 0 Å². The van der Waals surface area contributed by atoms with Crippen molar-refractivity contribution in [2.24, 2.45) is 0 Å². The second-order valence-corrected chi connectivity index (χ2v) is 9.23. The normalized spacial score (nSPS) is 16.2. The zero-order chi connectivity index (χ0) is 24.5. The molecule has 9 nitrogen and oxygen atoms in total. The third-order valence-electron chi connectivity index (χ3n) is 6.92. The number of carbonyl (C=O) groups excluding carboxylic acids is 1. The number of piperidine rings is 1. The lowest BCUT2D eigenvalue weighted by molar-refractivity contribution is 0.0629. The van der Waals surface area contributed by atoms with E-state index in [0.29, 0.717) is 29.2 Å². The first-order chi connectivity index (χ1) is 17.7. The van der Waals surface area contributed by atoms with Gasteiger partial charge in [0.15, 0.2) is 12.2 Å². The van der Waals surface area contributed by atoms with Crippen LogP contribution in [-0.2, 0) is 0 Å². The largest absolute Gasteiger partial charge is 0.497 e. The minimum absolute atomic E-state index is 0.0969. The number of aromatic nitrogens is 3. The molecule has 1 saturated carbocycles. The van der Waals surface area contributed by atoms with Gasteiger partial charge in [-0.2, -0.15) is 4.98 Å². The van der Waals surface area contributed by atoms with Crippen molar-refractivity contribution in [1.82, 2.24) is 20.0 Å². The SMILES string of the molecule is COc1ccc(-c2noc(N3CCC(N(C(=O)c4ccc(-c5cnco5)cc4)C4CC4)CC3)n2)cc1. The van der Waals surface area contributed by atoms with Crippen molar-refractivity contribution >= 4 is 11.9 Å². The first kappa shape index (κ1) is 22.3. The van der Waals surface area contributed by atoms with E-state index in [1.165, 1.54) is 6.39 Å². The minimum Gasteiger partial charge on any atom is -0.497 e. The van der Waals surface area contributed by atoms with Crippen LogP contribution >= 0.6 is 0 Å². The summed E-state index contributed by atoms with van der Waals surface area (Å²) in [6.45, 7) is 1.52. The number of nitrogens with zero attached hydrogens (tertiary/aromatic N) is 5. The van der Waals surface area contributed by atoms with Crippen LogP contribution in [0.15, 0.2) is 70.1 Å². The van der Waals surface area contributed by atoms with Gasteiger partial charge in [0.05, 0.1) is 13.3 Å². The van der Waals surface area contributed by atoms with Gasteiger partial charge < -0.3 is 23.5 Å². The summed E-state index contributed by atoms with van der Waals surface area (Å²) in [5, 5.41) is 4.16. The molecular weight excluding hydrogens is 458 g/mol. The van der Waals surface area contributed by atoms with E-state index < -0.39 is 0 Å². The van der Waals surface area contributed by atoms with Crippen LogP contribution in [0.4, 0.5) is 6.01 Å². The van der Waals surface area contributed by atoms with Crippen molar-refractivity contribution in [3.05, 3.63) is 66.7 Å². The van der Waals surface area contributed by atoms with Crippen molar-refractivity contribution in [3.63, 3.8) is 0 Å². The Kier molecular flexibility index (Phi) is 5.88. The van der Waals surface area contributed by atoms with Crippen LogP contribution < -0.4 is 9.64 Å². The van der Waals surface area contributed by atoms with E-state index in [4.69, 9.17) is 13.7 Å². The average Bonchev–Trinajstić information content (AvgIpc) is 3.39. The quantitative estimate of drug-likeness (QED) is 0.372. The lowest BCUT2D eigenvalue weighted by Crippen LogP contribution is -2.48. The van der Waals surface area contributed by atoms with E-state index >= 15 is 0 Å². The van der Waals surface area contributed by atoms with E-state index in [-0.39, 0.29) is 11.9 Å². The topological polar surface area (TPSA) is 97.7 Å². The molecule has 0 bridgehead atoms. The third-order valence-corrected chi connectivity index (χ3v) is 6.92. The second kappa shape index (κ2) is 9.49. The highest BCUT2D eigenvalue weighted by Gasteiger charge is 2.39. The lowest BCUT2D eigenvalue weighted by atomic mass is 10.0. The van der Waals surface area contributed by atoms with E-state index in [1.807, 2.05) is 48.5 Å². The smallest absolute Gasteiger partial charge is 0.324 e. The van der Waals surface area contributed by atoms with Crippen LogP contribution in [0.2, 0.25) is 0 Å². The zero-order valence-electron chi connectivity index (χ0n) is 20.0. The van der Waals surface area contributed by atoms with Gasteiger partial charge in [0.25, 0.3) is 5.91 Å². The molecule has 2 aliphatic rings. The molecule has 0 N–H and O–H groups in total. The molecule has 4 aromatic rings. The molecule has 0 atom stereocenters. The molecule has 0 radical (unpaired) electrons. The summed E-state index contributed by atoms with van der Waals surface area (Å²) in [5.41, 5.74) is 2.48. The Balaban J connectivity index is 1.11. The fourth-order valence-electron chi connectivity index (χ4n) is 4.80. The number of hydrogen-bond donors (Lipinski definition) is 0. The molecule has 1 amide bonds.